The van der Waals surface area contributed by atoms with Gasteiger partial charge in [-0.05, 0) is 45.7 Å². The van der Waals surface area contributed by atoms with Crippen LogP contribution in [-0.2, 0) is 0 Å². The van der Waals surface area contributed by atoms with Gasteiger partial charge in [-0.1, -0.05) is 5.16 Å². The maximum absolute atomic E-state index is 5.30. The fraction of sp³-hybridized carbons (Fsp3) is 0.867. The summed E-state index contributed by atoms with van der Waals surface area (Å²) in [6.07, 6.45) is 2.66. The summed E-state index contributed by atoms with van der Waals surface area (Å²) in [6.45, 7) is 12.2. The van der Waals surface area contributed by atoms with Crippen molar-refractivity contribution in [2.24, 2.45) is 5.92 Å². The van der Waals surface area contributed by atoms with E-state index >= 15 is 0 Å². The van der Waals surface area contributed by atoms with Gasteiger partial charge in [0.15, 0.2) is 5.82 Å². The number of piperazine rings is 1. The van der Waals surface area contributed by atoms with Crippen LogP contribution in [0, 0.1) is 12.8 Å². The molecule has 2 aliphatic heterocycles. The smallest absolute Gasteiger partial charge is 0.243 e. The van der Waals surface area contributed by atoms with Crippen LogP contribution >= 0.6 is 0 Å². The third kappa shape index (κ3) is 3.81. The number of rotatable bonds is 4. The van der Waals surface area contributed by atoms with Gasteiger partial charge in [0, 0.05) is 32.7 Å². The minimum Gasteiger partial charge on any atom is -0.338 e. The van der Waals surface area contributed by atoms with Gasteiger partial charge in [0.05, 0.1) is 6.04 Å². The van der Waals surface area contributed by atoms with Crippen molar-refractivity contribution in [1.29, 1.82) is 0 Å². The van der Waals surface area contributed by atoms with E-state index in [-0.39, 0.29) is 6.04 Å². The molecule has 1 aromatic heterocycles. The second-order valence-corrected chi connectivity index (χ2v) is 6.39. The second kappa shape index (κ2) is 6.85. The molecule has 1 atom stereocenters. The van der Waals surface area contributed by atoms with Gasteiger partial charge in [-0.3, -0.25) is 4.90 Å². The number of piperidine rings is 1. The fourth-order valence-electron chi connectivity index (χ4n) is 3.40. The van der Waals surface area contributed by atoms with Crippen LogP contribution in [0.25, 0.3) is 0 Å². The normalized spacial score (nSPS) is 24.3. The van der Waals surface area contributed by atoms with Crippen molar-refractivity contribution in [3.05, 3.63) is 11.7 Å². The Bertz CT molecular complexity index is 435. The SMILES string of the molecule is Cc1noc(C(C)N2CCN(CC3CCNCC3)CC2)n1. The van der Waals surface area contributed by atoms with Crippen LogP contribution in [0.1, 0.15) is 37.5 Å². The van der Waals surface area contributed by atoms with Crippen LogP contribution in [0.4, 0.5) is 0 Å². The minimum atomic E-state index is 0.229. The quantitative estimate of drug-likeness (QED) is 0.896. The average molecular weight is 293 g/mol. The minimum absolute atomic E-state index is 0.229. The molecule has 1 unspecified atom stereocenters. The van der Waals surface area contributed by atoms with Crippen molar-refractivity contribution in [2.45, 2.75) is 32.7 Å². The van der Waals surface area contributed by atoms with Crippen LogP contribution in [-0.4, -0.2) is 65.8 Å². The first-order valence-corrected chi connectivity index (χ1v) is 8.19. The standard InChI is InChI=1S/C15H27N5O/c1-12(15-17-13(2)18-21-15)20-9-7-19(8-10-20)11-14-3-5-16-6-4-14/h12,14,16H,3-11H2,1-2H3. The molecule has 3 heterocycles. The number of hydrogen-bond acceptors (Lipinski definition) is 6. The van der Waals surface area contributed by atoms with Gasteiger partial charge < -0.3 is 14.7 Å². The molecule has 1 N–H and O–H groups in total. The highest BCUT2D eigenvalue weighted by atomic mass is 16.5. The molecular weight excluding hydrogens is 266 g/mol. The summed E-state index contributed by atoms with van der Waals surface area (Å²) in [5.41, 5.74) is 0. The van der Waals surface area contributed by atoms with E-state index in [9.17, 15) is 0 Å². The van der Waals surface area contributed by atoms with Gasteiger partial charge in [0.2, 0.25) is 5.89 Å². The highest BCUT2D eigenvalue weighted by molar-refractivity contribution is 4.92. The summed E-state index contributed by atoms with van der Waals surface area (Å²) < 4.78 is 5.30. The lowest BCUT2D eigenvalue weighted by molar-refractivity contribution is 0.0757. The van der Waals surface area contributed by atoms with Crippen LogP contribution in [0.3, 0.4) is 0 Å². The maximum Gasteiger partial charge on any atom is 0.243 e. The monoisotopic (exact) mass is 293 g/mol. The summed E-state index contributed by atoms with van der Waals surface area (Å²) >= 11 is 0. The van der Waals surface area contributed by atoms with Crippen molar-refractivity contribution < 1.29 is 4.52 Å². The highest BCUT2D eigenvalue weighted by Crippen LogP contribution is 2.21. The topological polar surface area (TPSA) is 57.4 Å². The van der Waals surface area contributed by atoms with Gasteiger partial charge in [-0.2, -0.15) is 4.98 Å². The van der Waals surface area contributed by atoms with Gasteiger partial charge in [0.25, 0.3) is 0 Å². The number of aryl methyl sites for hydroxylation is 1. The Kier molecular flexibility index (Phi) is 4.87. The molecule has 0 spiro atoms. The molecule has 0 bridgehead atoms. The van der Waals surface area contributed by atoms with E-state index in [2.05, 4.69) is 32.2 Å². The molecule has 0 aromatic carbocycles. The zero-order valence-corrected chi connectivity index (χ0v) is 13.2. The number of nitrogens with one attached hydrogen (secondary N) is 1. The summed E-state index contributed by atoms with van der Waals surface area (Å²) in [6, 6.07) is 0.229. The highest BCUT2D eigenvalue weighted by Gasteiger charge is 2.26. The molecule has 0 aliphatic carbocycles. The maximum atomic E-state index is 5.30. The first kappa shape index (κ1) is 14.9. The number of hydrogen-bond donors (Lipinski definition) is 1. The molecule has 21 heavy (non-hydrogen) atoms. The van der Waals surface area contributed by atoms with Crippen molar-refractivity contribution in [3.8, 4) is 0 Å². The van der Waals surface area contributed by atoms with E-state index in [0.717, 1.165) is 43.8 Å². The lowest BCUT2D eigenvalue weighted by Gasteiger charge is -2.38. The Morgan fingerprint density at radius 1 is 1.24 bits per heavy atom. The Hall–Kier alpha value is -0.980. The molecule has 2 saturated heterocycles. The molecule has 0 radical (unpaired) electrons. The van der Waals surface area contributed by atoms with E-state index < -0.39 is 0 Å². The molecule has 6 heteroatoms. The zero-order valence-electron chi connectivity index (χ0n) is 13.2. The molecule has 0 saturated carbocycles. The third-order valence-corrected chi connectivity index (χ3v) is 4.83. The lowest BCUT2D eigenvalue weighted by atomic mass is 9.97. The lowest BCUT2D eigenvalue weighted by Crippen LogP contribution is -2.49. The van der Waals surface area contributed by atoms with Gasteiger partial charge in [-0.15, -0.1) is 0 Å². The van der Waals surface area contributed by atoms with E-state index in [1.54, 1.807) is 0 Å². The largest absolute Gasteiger partial charge is 0.338 e. The predicted octanol–water partition coefficient (Wildman–Crippen LogP) is 1.06. The van der Waals surface area contributed by atoms with Crippen LogP contribution in [0.2, 0.25) is 0 Å². The van der Waals surface area contributed by atoms with Crippen LogP contribution in [0.15, 0.2) is 4.52 Å². The van der Waals surface area contributed by atoms with Gasteiger partial charge in [0.1, 0.15) is 0 Å². The van der Waals surface area contributed by atoms with E-state index in [0.29, 0.717) is 0 Å². The average Bonchev–Trinajstić information content (AvgIpc) is 2.95. The Morgan fingerprint density at radius 3 is 2.57 bits per heavy atom. The molecule has 2 aliphatic rings. The Morgan fingerprint density at radius 2 is 1.95 bits per heavy atom. The predicted molar refractivity (Wildman–Crippen MR) is 81.1 cm³/mol. The zero-order chi connectivity index (χ0) is 14.7. The number of nitrogens with zero attached hydrogens (tertiary/aromatic N) is 4. The van der Waals surface area contributed by atoms with Gasteiger partial charge >= 0.3 is 0 Å². The summed E-state index contributed by atoms with van der Waals surface area (Å²) in [5, 5.41) is 7.34. The van der Waals surface area contributed by atoms with Gasteiger partial charge in [-0.25, -0.2) is 0 Å². The molecule has 3 rings (SSSR count). The third-order valence-electron chi connectivity index (χ3n) is 4.83. The summed E-state index contributed by atoms with van der Waals surface area (Å²) in [7, 11) is 0. The van der Waals surface area contributed by atoms with Crippen LogP contribution in [0.5, 0.6) is 0 Å². The molecule has 0 amide bonds. The van der Waals surface area contributed by atoms with Crippen molar-refractivity contribution in [2.75, 3.05) is 45.8 Å². The van der Waals surface area contributed by atoms with E-state index in [1.807, 2.05) is 6.92 Å². The Labute approximate surface area is 126 Å². The second-order valence-electron chi connectivity index (χ2n) is 6.39. The van der Waals surface area contributed by atoms with Crippen molar-refractivity contribution >= 4 is 0 Å². The summed E-state index contributed by atoms with van der Waals surface area (Å²) in [4.78, 5) is 9.43. The fourth-order valence-corrected chi connectivity index (χ4v) is 3.40. The van der Waals surface area contributed by atoms with Crippen molar-refractivity contribution in [1.82, 2.24) is 25.3 Å². The van der Waals surface area contributed by atoms with Crippen molar-refractivity contribution in [3.63, 3.8) is 0 Å². The molecule has 1 aromatic rings. The Balaban J connectivity index is 1.46. The molecule has 118 valence electrons. The summed E-state index contributed by atoms with van der Waals surface area (Å²) in [5.74, 6) is 2.36. The first-order chi connectivity index (χ1) is 10.2. The van der Waals surface area contributed by atoms with E-state index in [1.165, 1.54) is 32.5 Å². The van der Waals surface area contributed by atoms with E-state index in [4.69, 9.17) is 4.52 Å². The molecule has 6 nitrogen and oxygen atoms in total. The molecular formula is C15H27N5O. The molecule has 2 fully saturated rings. The number of aromatic nitrogens is 2. The first-order valence-electron chi connectivity index (χ1n) is 8.19. The van der Waals surface area contributed by atoms with Crippen LogP contribution < -0.4 is 5.32 Å².